The second kappa shape index (κ2) is 8.99. The van der Waals surface area contributed by atoms with Gasteiger partial charge in [-0.2, -0.15) is 17.7 Å². The van der Waals surface area contributed by atoms with Gasteiger partial charge in [0.1, 0.15) is 18.5 Å². The van der Waals surface area contributed by atoms with Crippen LogP contribution in [0.2, 0.25) is 0 Å². The molecule has 0 saturated carbocycles. The molecule has 6 rings (SSSR count). The van der Waals surface area contributed by atoms with Crippen LogP contribution in [0.15, 0.2) is 16.9 Å². The molecule has 2 aromatic heterocycles. The van der Waals surface area contributed by atoms with Gasteiger partial charge in [0.25, 0.3) is 11.7 Å². The fourth-order valence-corrected chi connectivity index (χ4v) is 6.29. The van der Waals surface area contributed by atoms with E-state index in [1.807, 2.05) is 0 Å². The number of likely N-dealkylation sites (N-methyl/N-ethyl adjacent to an activating group) is 1. The van der Waals surface area contributed by atoms with Gasteiger partial charge in [0.15, 0.2) is 12.0 Å². The Morgan fingerprint density at radius 1 is 1.27 bits per heavy atom. The van der Waals surface area contributed by atoms with Gasteiger partial charge in [-0.1, -0.05) is 6.92 Å². The third-order valence-corrected chi connectivity index (χ3v) is 8.64. The molecule has 0 spiro atoms. The number of amides is 1. The number of hydrogen-bond acceptors (Lipinski definition) is 7. The Morgan fingerprint density at radius 3 is 2.63 bits per heavy atom. The van der Waals surface area contributed by atoms with Crippen molar-refractivity contribution in [3.63, 3.8) is 0 Å². The third-order valence-electron chi connectivity index (χ3n) is 8.64. The smallest absolute Gasteiger partial charge is 0.380 e. The summed E-state index contributed by atoms with van der Waals surface area (Å²) in [6.07, 6.45) is -9.72. The highest BCUT2D eigenvalue weighted by atomic mass is 19.4. The standard InChI is InChI=1S/C28H26F4N3O6/c1-4-27(40)15-7-19-22-13(9-35(19)24(37)14(15)10-41-26(27)39)21-18(34(3)25(38)23(36)28(30,31)32)6-5-12-11(2)16(29)8-17(33-22)20(12)21/h7-8,23,26,36,39-40H,4-6,9-10H2,1-3H3/q+1/t23?,26?,27-/m0/s1. The molecular weight excluding hydrogens is 550 g/mol. The SMILES string of the molecule is CC[C@]1(O)c2cc3n(c(=O)c2COC1O)Cc1c-3nc2cc(F)c(C)c3c2c1C(=[N+](C)C(=O)C(O)C(F)(F)F)CC3. The number of ether oxygens (including phenoxy) is 1. The Labute approximate surface area is 229 Å². The molecule has 1 aliphatic carbocycles. The molecule has 3 aromatic rings. The maximum absolute atomic E-state index is 15.0. The molecule has 0 fully saturated rings. The maximum Gasteiger partial charge on any atom is 0.428 e. The maximum atomic E-state index is 15.0. The van der Waals surface area contributed by atoms with Gasteiger partial charge in [-0.15, -0.1) is 0 Å². The number of aliphatic hydroxyl groups excluding tert-OH is 2. The van der Waals surface area contributed by atoms with Crippen molar-refractivity contribution >= 4 is 22.5 Å². The number of carbonyl (C=O) groups is 1. The van der Waals surface area contributed by atoms with Crippen LogP contribution in [0.3, 0.4) is 0 Å². The number of fused-ring (bicyclic) bond motifs is 5. The number of aromatic nitrogens is 2. The highest BCUT2D eigenvalue weighted by Gasteiger charge is 2.50. The quantitative estimate of drug-likeness (QED) is 0.247. The van der Waals surface area contributed by atoms with E-state index in [2.05, 4.69) is 4.98 Å². The predicted octanol–water partition coefficient (Wildman–Crippen LogP) is 2.15. The van der Waals surface area contributed by atoms with Gasteiger partial charge in [0.2, 0.25) is 0 Å². The zero-order chi connectivity index (χ0) is 29.8. The Morgan fingerprint density at radius 2 is 1.98 bits per heavy atom. The lowest BCUT2D eigenvalue weighted by molar-refractivity contribution is -0.432. The lowest BCUT2D eigenvalue weighted by Crippen LogP contribution is -2.47. The molecule has 0 bridgehead atoms. The van der Waals surface area contributed by atoms with Gasteiger partial charge < -0.3 is 24.6 Å². The molecule has 2 aliphatic heterocycles. The monoisotopic (exact) mass is 576 g/mol. The number of carbonyl (C=O) groups excluding carboxylic acids is 1. The van der Waals surface area contributed by atoms with Crippen LogP contribution in [-0.2, 0) is 34.7 Å². The van der Waals surface area contributed by atoms with E-state index in [0.717, 1.165) is 11.6 Å². The van der Waals surface area contributed by atoms with Gasteiger partial charge >= 0.3 is 12.1 Å². The molecule has 2 unspecified atom stereocenters. The lowest BCUT2D eigenvalue weighted by atomic mass is 9.83. The predicted molar refractivity (Wildman–Crippen MR) is 136 cm³/mol. The minimum Gasteiger partial charge on any atom is -0.380 e. The van der Waals surface area contributed by atoms with Crippen LogP contribution in [0.1, 0.15) is 53.1 Å². The van der Waals surface area contributed by atoms with Crippen LogP contribution in [0.4, 0.5) is 17.6 Å². The first-order valence-corrected chi connectivity index (χ1v) is 13.0. The lowest BCUT2D eigenvalue weighted by Gasteiger charge is -2.37. The number of aryl methyl sites for hydroxylation is 1. The van der Waals surface area contributed by atoms with Crippen molar-refractivity contribution in [3.05, 3.63) is 61.7 Å². The van der Waals surface area contributed by atoms with Gasteiger partial charge in [-0.3, -0.25) is 4.79 Å². The molecule has 1 amide bonds. The van der Waals surface area contributed by atoms with Crippen LogP contribution in [-0.4, -0.2) is 66.7 Å². The summed E-state index contributed by atoms with van der Waals surface area (Å²) in [5.41, 5.74) is 0.472. The minimum atomic E-state index is -5.18. The largest absolute Gasteiger partial charge is 0.428 e. The first-order chi connectivity index (χ1) is 19.2. The molecule has 9 nitrogen and oxygen atoms in total. The molecule has 13 heteroatoms. The number of halogens is 4. The first kappa shape index (κ1) is 27.6. The average Bonchev–Trinajstić information content (AvgIpc) is 3.30. The Kier molecular flexibility index (Phi) is 6.06. The fourth-order valence-electron chi connectivity index (χ4n) is 6.29. The summed E-state index contributed by atoms with van der Waals surface area (Å²) in [7, 11) is 1.14. The second-order valence-corrected chi connectivity index (χ2v) is 10.7. The third kappa shape index (κ3) is 3.75. The van der Waals surface area contributed by atoms with Crippen molar-refractivity contribution in [2.75, 3.05) is 7.05 Å². The van der Waals surface area contributed by atoms with E-state index >= 15 is 4.39 Å². The molecule has 41 heavy (non-hydrogen) atoms. The number of alkyl halides is 3. The Balaban J connectivity index is 1.68. The van der Waals surface area contributed by atoms with Crippen molar-refractivity contribution in [1.29, 1.82) is 0 Å². The minimum absolute atomic E-state index is 0.0214. The van der Waals surface area contributed by atoms with E-state index in [1.165, 1.54) is 16.7 Å². The highest BCUT2D eigenvalue weighted by molar-refractivity contribution is 6.15. The summed E-state index contributed by atoms with van der Waals surface area (Å²) >= 11 is 0. The molecular formula is C28H26F4N3O6+. The summed E-state index contributed by atoms with van der Waals surface area (Å²) in [6.45, 7) is 2.88. The van der Waals surface area contributed by atoms with E-state index in [0.29, 0.717) is 27.6 Å². The van der Waals surface area contributed by atoms with E-state index < -0.39 is 41.5 Å². The summed E-state index contributed by atoms with van der Waals surface area (Å²) in [4.78, 5) is 31.1. The fraction of sp³-hybridized carbons (Fsp3) is 0.429. The van der Waals surface area contributed by atoms with Gasteiger partial charge in [0, 0.05) is 34.6 Å². The number of benzene rings is 1. The van der Waals surface area contributed by atoms with Crippen LogP contribution in [0, 0.1) is 12.7 Å². The summed E-state index contributed by atoms with van der Waals surface area (Å²) in [6, 6.07) is 2.73. The van der Waals surface area contributed by atoms with Crippen molar-refractivity contribution in [2.24, 2.45) is 0 Å². The van der Waals surface area contributed by atoms with Crippen molar-refractivity contribution in [1.82, 2.24) is 9.55 Å². The molecule has 3 aliphatic rings. The van der Waals surface area contributed by atoms with Crippen LogP contribution < -0.4 is 5.56 Å². The van der Waals surface area contributed by atoms with E-state index in [1.54, 1.807) is 13.8 Å². The topological polar surface area (TPSA) is 125 Å². The molecule has 4 heterocycles. The van der Waals surface area contributed by atoms with Gasteiger partial charge in [-0.05, 0) is 37.0 Å². The van der Waals surface area contributed by atoms with Crippen LogP contribution in [0.25, 0.3) is 22.3 Å². The number of hydrogen-bond donors (Lipinski definition) is 3. The van der Waals surface area contributed by atoms with Gasteiger partial charge in [0.05, 0.1) is 35.6 Å². The number of nitrogens with zero attached hydrogens (tertiary/aromatic N) is 3. The number of pyridine rings is 2. The number of aliphatic hydroxyl groups is 3. The van der Waals surface area contributed by atoms with E-state index in [-0.39, 0.29) is 66.2 Å². The zero-order valence-electron chi connectivity index (χ0n) is 22.3. The van der Waals surface area contributed by atoms with Crippen molar-refractivity contribution in [3.8, 4) is 11.4 Å². The van der Waals surface area contributed by atoms with E-state index in [4.69, 9.17) is 4.74 Å². The van der Waals surface area contributed by atoms with Crippen molar-refractivity contribution in [2.45, 2.75) is 70.4 Å². The number of rotatable bonds is 2. The highest BCUT2D eigenvalue weighted by Crippen LogP contribution is 2.44. The van der Waals surface area contributed by atoms with Crippen molar-refractivity contribution < 1.29 is 47.0 Å². The second-order valence-electron chi connectivity index (χ2n) is 10.7. The van der Waals surface area contributed by atoms with Crippen LogP contribution in [0.5, 0.6) is 0 Å². The molecule has 216 valence electrons. The van der Waals surface area contributed by atoms with E-state index in [9.17, 15) is 38.1 Å². The normalized spacial score (nSPS) is 23.2. The first-order valence-electron chi connectivity index (χ1n) is 13.0. The average molecular weight is 577 g/mol. The zero-order valence-corrected chi connectivity index (χ0v) is 22.3. The van der Waals surface area contributed by atoms with Crippen LogP contribution >= 0.6 is 0 Å². The summed E-state index contributed by atoms with van der Waals surface area (Å²) in [5, 5.41) is 31.8. The van der Waals surface area contributed by atoms with Gasteiger partial charge in [-0.25, -0.2) is 14.2 Å². The molecule has 1 aromatic carbocycles. The summed E-state index contributed by atoms with van der Waals surface area (Å²) in [5.74, 6) is -2.11. The Hall–Kier alpha value is -3.52. The molecule has 3 atom stereocenters. The Bertz CT molecular complexity index is 1780. The molecule has 3 N–H and O–H groups in total. The molecule has 0 radical (unpaired) electrons. The molecule has 0 saturated heterocycles. The summed E-state index contributed by atoms with van der Waals surface area (Å²) < 4.78 is 62.2.